The largest absolute Gasteiger partial charge is 0.313 e. The van der Waals surface area contributed by atoms with E-state index in [1.807, 2.05) is 37.0 Å². The summed E-state index contributed by atoms with van der Waals surface area (Å²) in [5.41, 5.74) is 4.78. The predicted octanol–water partition coefficient (Wildman–Crippen LogP) is 3.43. The molecular weight excluding hydrogens is 258 g/mol. The van der Waals surface area contributed by atoms with Crippen molar-refractivity contribution in [3.05, 3.63) is 46.2 Å². The molecular formula is C15H18ClN3. The molecule has 4 heteroatoms. The van der Waals surface area contributed by atoms with Crippen molar-refractivity contribution in [2.45, 2.75) is 32.2 Å². The van der Waals surface area contributed by atoms with Crippen LogP contribution in [0.15, 0.2) is 24.4 Å². The first-order chi connectivity index (χ1) is 9.20. The van der Waals surface area contributed by atoms with E-state index in [0.29, 0.717) is 6.04 Å². The molecule has 1 aliphatic rings. The molecule has 0 amide bonds. The number of nitrogens with one attached hydrogen (secondary N) is 1. The highest BCUT2D eigenvalue weighted by molar-refractivity contribution is 6.31. The molecule has 3 nitrogen and oxygen atoms in total. The Balaban J connectivity index is 2.06. The minimum atomic E-state index is 0.429. The number of rotatable bonds is 2. The molecule has 19 heavy (non-hydrogen) atoms. The van der Waals surface area contributed by atoms with Crippen LogP contribution in [0.1, 0.15) is 35.7 Å². The summed E-state index contributed by atoms with van der Waals surface area (Å²) < 4.78 is 2.03. The fraction of sp³-hybridized carbons (Fsp3) is 0.400. The van der Waals surface area contributed by atoms with E-state index in [1.165, 1.54) is 24.1 Å². The first kappa shape index (κ1) is 12.7. The van der Waals surface area contributed by atoms with Crippen molar-refractivity contribution >= 4 is 11.6 Å². The fourth-order valence-corrected chi connectivity index (χ4v) is 2.97. The average molecular weight is 276 g/mol. The number of aromatic nitrogens is 2. The SMILES string of the molecule is CNC1CCCc2c1cnn2-c1ccc(C)c(Cl)c1. The van der Waals surface area contributed by atoms with Crippen LogP contribution in [-0.4, -0.2) is 16.8 Å². The van der Waals surface area contributed by atoms with Crippen molar-refractivity contribution in [3.8, 4) is 5.69 Å². The van der Waals surface area contributed by atoms with E-state index in [9.17, 15) is 0 Å². The zero-order valence-electron chi connectivity index (χ0n) is 11.3. The van der Waals surface area contributed by atoms with Crippen LogP contribution in [0.4, 0.5) is 0 Å². The first-order valence-corrected chi connectivity index (χ1v) is 7.09. The molecule has 0 spiro atoms. The molecule has 1 unspecified atom stereocenters. The highest BCUT2D eigenvalue weighted by Crippen LogP contribution is 2.31. The minimum absolute atomic E-state index is 0.429. The summed E-state index contributed by atoms with van der Waals surface area (Å²) in [5.74, 6) is 0. The lowest BCUT2D eigenvalue weighted by Gasteiger charge is -2.22. The van der Waals surface area contributed by atoms with Crippen molar-refractivity contribution in [1.29, 1.82) is 0 Å². The van der Waals surface area contributed by atoms with Gasteiger partial charge in [0.25, 0.3) is 0 Å². The molecule has 1 heterocycles. The average Bonchev–Trinajstić information content (AvgIpc) is 2.85. The maximum Gasteiger partial charge on any atom is 0.0663 e. The van der Waals surface area contributed by atoms with Crippen molar-refractivity contribution in [2.24, 2.45) is 0 Å². The molecule has 0 radical (unpaired) electrons. The molecule has 0 saturated carbocycles. The lowest BCUT2D eigenvalue weighted by molar-refractivity contribution is 0.490. The Labute approximate surface area is 118 Å². The predicted molar refractivity (Wildman–Crippen MR) is 78.0 cm³/mol. The zero-order valence-corrected chi connectivity index (χ0v) is 12.0. The van der Waals surface area contributed by atoms with Crippen LogP contribution in [-0.2, 0) is 6.42 Å². The zero-order chi connectivity index (χ0) is 13.4. The van der Waals surface area contributed by atoms with Crippen LogP contribution in [0, 0.1) is 6.92 Å². The van der Waals surface area contributed by atoms with E-state index >= 15 is 0 Å². The van der Waals surface area contributed by atoms with E-state index in [0.717, 1.165) is 22.7 Å². The Bertz CT molecular complexity index is 603. The molecule has 1 aromatic carbocycles. The van der Waals surface area contributed by atoms with E-state index < -0.39 is 0 Å². The maximum atomic E-state index is 6.22. The first-order valence-electron chi connectivity index (χ1n) is 6.71. The molecule has 0 fully saturated rings. The monoisotopic (exact) mass is 275 g/mol. The van der Waals surface area contributed by atoms with Crippen LogP contribution in [0.3, 0.4) is 0 Å². The molecule has 1 atom stereocenters. The standard InChI is InChI=1S/C15H18ClN3/c1-10-6-7-11(8-13(10)16)19-15-5-3-4-14(17-2)12(15)9-18-19/h6-9,14,17H,3-5H2,1-2H3. The smallest absolute Gasteiger partial charge is 0.0663 e. The van der Waals surface area contributed by atoms with Gasteiger partial charge in [0, 0.05) is 22.3 Å². The Kier molecular flexibility index (Phi) is 3.33. The van der Waals surface area contributed by atoms with Gasteiger partial charge in [0.15, 0.2) is 0 Å². The second-order valence-corrected chi connectivity index (χ2v) is 5.53. The Morgan fingerprint density at radius 2 is 2.26 bits per heavy atom. The van der Waals surface area contributed by atoms with Gasteiger partial charge in [0.2, 0.25) is 0 Å². The van der Waals surface area contributed by atoms with E-state index in [1.54, 1.807) is 0 Å². The highest BCUT2D eigenvalue weighted by atomic mass is 35.5. The summed E-state index contributed by atoms with van der Waals surface area (Å²) in [5, 5.41) is 8.72. The van der Waals surface area contributed by atoms with E-state index in [2.05, 4.69) is 16.5 Å². The van der Waals surface area contributed by atoms with Gasteiger partial charge in [-0.15, -0.1) is 0 Å². The van der Waals surface area contributed by atoms with Gasteiger partial charge in [-0.3, -0.25) is 0 Å². The van der Waals surface area contributed by atoms with Crippen molar-refractivity contribution in [1.82, 2.24) is 15.1 Å². The molecule has 1 N–H and O–H groups in total. The third-order valence-corrected chi connectivity index (χ3v) is 4.34. The van der Waals surface area contributed by atoms with Gasteiger partial charge in [-0.2, -0.15) is 5.10 Å². The lowest BCUT2D eigenvalue weighted by Crippen LogP contribution is -2.21. The summed E-state index contributed by atoms with van der Waals surface area (Å²) >= 11 is 6.22. The van der Waals surface area contributed by atoms with E-state index in [4.69, 9.17) is 11.6 Å². The van der Waals surface area contributed by atoms with Crippen LogP contribution in [0.5, 0.6) is 0 Å². The summed E-state index contributed by atoms with van der Waals surface area (Å²) in [6, 6.07) is 6.55. The number of hydrogen-bond donors (Lipinski definition) is 1. The second-order valence-electron chi connectivity index (χ2n) is 5.13. The second kappa shape index (κ2) is 4.99. The summed E-state index contributed by atoms with van der Waals surface area (Å²) in [6.07, 6.45) is 5.45. The molecule has 2 aromatic rings. The third-order valence-electron chi connectivity index (χ3n) is 3.93. The summed E-state index contributed by atoms with van der Waals surface area (Å²) in [6.45, 7) is 2.02. The molecule has 1 aromatic heterocycles. The van der Waals surface area contributed by atoms with Gasteiger partial charge in [0.05, 0.1) is 11.9 Å². The maximum absolute atomic E-state index is 6.22. The van der Waals surface area contributed by atoms with Crippen molar-refractivity contribution < 1.29 is 0 Å². The van der Waals surface area contributed by atoms with Gasteiger partial charge >= 0.3 is 0 Å². The molecule has 1 aliphatic carbocycles. The molecule has 3 rings (SSSR count). The Morgan fingerprint density at radius 1 is 1.42 bits per heavy atom. The molecule has 0 saturated heterocycles. The Morgan fingerprint density at radius 3 is 3.00 bits per heavy atom. The van der Waals surface area contributed by atoms with E-state index in [-0.39, 0.29) is 0 Å². The topological polar surface area (TPSA) is 29.9 Å². The number of benzene rings is 1. The van der Waals surface area contributed by atoms with Gasteiger partial charge in [-0.05, 0) is 50.9 Å². The highest BCUT2D eigenvalue weighted by Gasteiger charge is 2.23. The van der Waals surface area contributed by atoms with Crippen LogP contribution in [0.25, 0.3) is 5.69 Å². The lowest BCUT2D eigenvalue weighted by atomic mass is 9.93. The van der Waals surface area contributed by atoms with Crippen molar-refractivity contribution in [2.75, 3.05) is 7.05 Å². The van der Waals surface area contributed by atoms with Crippen LogP contribution >= 0.6 is 11.6 Å². The number of nitrogens with zero attached hydrogens (tertiary/aromatic N) is 2. The van der Waals surface area contributed by atoms with Gasteiger partial charge < -0.3 is 5.32 Å². The van der Waals surface area contributed by atoms with Crippen LogP contribution < -0.4 is 5.32 Å². The van der Waals surface area contributed by atoms with Gasteiger partial charge in [-0.25, -0.2) is 4.68 Å². The Hall–Kier alpha value is -1.32. The minimum Gasteiger partial charge on any atom is -0.313 e. The fourth-order valence-electron chi connectivity index (χ4n) is 2.79. The normalized spacial score (nSPS) is 18.4. The molecule has 0 aliphatic heterocycles. The molecule has 100 valence electrons. The number of hydrogen-bond acceptors (Lipinski definition) is 2. The van der Waals surface area contributed by atoms with Gasteiger partial charge in [0.1, 0.15) is 0 Å². The quantitative estimate of drug-likeness (QED) is 0.910. The van der Waals surface area contributed by atoms with Gasteiger partial charge in [-0.1, -0.05) is 17.7 Å². The van der Waals surface area contributed by atoms with Crippen LogP contribution in [0.2, 0.25) is 5.02 Å². The number of fused-ring (bicyclic) bond motifs is 1. The number of halogens is 1. The summed E-state index contributed by atoms with van der Waals surface area (Å²) in [7, 11) is 2.01. The summed E-state index contributed by atoms with van der Waals surface area (Å²) in [4.78, 5) is 0. The van der Waals surface area contributed by atoms with Crippen molar-refractivity contribution in [3.63, 3.8) is 0 Å². The molecule has 0 bridgehead atoms. The number of aryl methyl sites for hydroxylation is 1. The third kappa shape index (κ3) is 2.17.